The molecule has 0 saturated heterocycles. The summed E-state index contributed by atoms with van der Waals surface area (Å²) in [5.74, 6) is 0.894. The Balaban J connectivity index is 2.47. The van der Waals surface area contributed by atoms with Gasteiger partial charge in [0.25, 0.3) is 0 Å². The summed E-state index contributed by atoms with van der Waals surface area (Å²) in [5, 5.41) is 5.39. The molecule has 0 aliphatic rings. The van der Waals surface area contributed by atoms with Crippen molar-refractivity contribution in [1.29, 1.82) is 0 Å². The van der Waals surface area contributed by atoms with Crippen molar-refractivity contribution in [3.05, 3.63) is 29.9 Å². The van der Waals surface area contributed by atoms with E-state index in [9.17, 15) is 0 Å². The van der Waals surface area contributed by atoms with Crippen LogP contribution in [0.25, 0.3) is 10.2 Å². The van der Waals surface area contributed by atoms with Crippen LogP contribution in [0, 0.1) is 6.92 Å². The van der Waals surface area contributed by atoms with E-state index in [1.54, 1.807) is 17.7 Å². The van der Waals surface area contributed by atoms with E-state index < -0.39 is 0 Å². The van der Waals surface area contributed by atoms with Crippen molar-refractivity contribution in [1.82, 2.24) is 9.97 Å². The SMILES string of the molecule is C=CC(C)Nc1ncnc2c(C)csc12. The second kappa shape index (κ2) is 3.98. The number of fused-ring (bicyclic) bond motifs is 1. The average molecular weight is 219 g/mol. The average Bonchev–Trinajstić information content (AvgIpc) is 2.62. The summed E-state index contributed by atoms with van der Waals surface area (Å²) in [4.78, 5) is 8.52. The summed E-state index contributed by atoms with van der Waals surface area (Å²) in [6, 6.07) is 0.213. The molecule has 1 N–H and O–H groups in total. The molecule has 2 rings (SSSR count). The summed E-state index contributed by atoms with van der Waals surface area (Å²) in [7, 11) is 0. The van der Waals surface area contributed by atoms with Crippen molar-refractivity contribution >= 4 is 27.4 Å². The Morgan fingerprint density at radius 1 is 1.53 bits per heavy atom. The lowest BCUT2D eigenvalue weighted by atomic mass is 10.3. The molecule has 3 nitrogen and oxygen atoms in total. The number of nitrogens with zero attached hydrogens (tertiary/aromatic N) is 2. The summed E-state index contributed by atoms with van der Waals surface area (Å²) in [5.41, 5.74) is 2.24. The van der Waals surface area contributed by atoms with Gasteiger partial charge in [0.1, 0.15) is 12.1 Å². The third-order valence-corrected chi connectivity index (χ3v) is 3.34. The first-order valence-electron chi connectivity index (χ1n) is 4.80. The van der Waals surface area contributed by atoms with Crippen molar-refractivity contribution in [2.75, 3.05) is 5.32 Å². The van der Waals surface area contributed by atoms with Crippen molar-refractivity contribution in [3.8, 4) is 0 Å². The lowest BCUT2D eigenvalue weighted by molar-refractivity contribution is 0.985. The van der Waals surface area contributed by atoms with Gasteiger partial charge >= 0.3 is 0 Å². The molecule has 0 bridgehead atoms. The van der Waals surface area contributed by atoms with Gasteiger partial charge in [-0.3, -0.25) is 0 Å². The predicted octanol–water partition coefficient (Wildman–Crippen LogP) is 2.99. The molecule has 0 radical (unpaired) electrons. The van der Waals surface area contributed by atoms with Gasteiger partial charge in [-0.25, -0.2) is 9.97 Å². The normalized spacial score (nSPS) is 12.7. The molecule has 2 heterocycles. The van der Waals surface area contributed by atoms with Gasteiger partial charge in [0.2, 0.25) is 0 Å². The van der Waals surface area contributed by atoms with Crippen LogP contribution in [0.4, 0.5) is 5.82 Å². The first kappa shape index (κ1) is 10.1. The number of rotatable bonds is 3. The Bertz CT molecular complexity index is 490. The number of hydrogen-bond donors (Lipinski definition) is 1. The van der Waals surface area contributed by atoms with Crippen molar-refractivity contribution in [3.63, 3.8) is 0 Å². The van der Waals surface area contributed by atoms with E-state index in [-0.39, 0.29) is 6.04 Å². The van der Waals surface area contributed by atoms with Crippen LogP contribution in [0.2, 0.25) is 0 Å². The van der Waals surface area contributed by atoms with Crippen LogP contribution in [-0.2, 0) is 0 Å². The van der Waals surface area contributed by atoms with Crippen LogP contribution < -0.4 is 5.32 Å². The molecule has 2 aromatic rings. The van der Waals surface area contributed by atoms with Crippen LogP contribution in [0.5, 0.6) is 0 Å². The summed E-state index contributed by atoms with van der Waals surface area (Å²) in [6.07, 6.45) is 3.45. The minimum absolute atomic E-state index is 0.213. The van der Waals surface area contributed by atoms with Gasteiger partial charge in [-0.2, -0.15) is 0 Å². The lowest BCUT2D eigenvalue weighted by Crippen LogP contribution is -2.12. The van der Waals surface area contributed by atoms with E-state index in [1.165, 1.54) is 5.56 Å². The third-order valence-electron chi connectivity index (χ3n) is 2.25. The van der Waals surface area contributed by atoms with E-state index in [0.717, 1.165) is 16.0 Å². The van der Waals surface area contributed by atoms with E-state index in [4.69, 9.17) is 0 Å². The fraction of sp³-hybridized carbons (Fsp3) is 0.273. The molecule has 0 aliphatic heterocycles. The number of aryl methyl sites for hydroxylation is 1. The highest BCUT2D eigenvalue weighted by Gasteiger charge is 2.08. The topological polar surface area (TPSA) is 37.8 Å². The fourth-order valence-electron chi connectivity index (χ4n) is 1.35. The maximum absolute atomic E-state index is 4.27. The van der Waals surface area contributed by atoms with E-state index in [1.807, 2.05) is 13.0 Å². The smallest absolute Gasteiger partial charge is 0.147 e. The zero-order chi connectivity index (χ0) is 10.8. The first-order valence-corrected chi connectivity index (χ1v) is 5.68. The van der Waals surface area contributed by atoms with Gasteiger partial charge in [0.15, 0.2) is 0 Å². The molecule has 0 aliphatic carbocycles. The molecule has 1 unspecified atom stereocenters. The molecule has 0 saturated carbocycles. The minimum Gasteiger partial charge on any atom is -0.363 e. The second-order valence-corrected chi connectivity index (χ2v) is 4.37. The van der Waals surface area contributed by atoms with Crippen molar-refractivity contribution < 1.29 is 0 Å². The summed E-state index contributed by atoms with van der Waals surface area (Å²) < 4.78 is 1.11. The van der Waals surface area contributed by atoms with Gasteiger partial charge in [-0.05, 0) is 24.8 Å². The molecule has 0 amide bonds. The van der Waals surface area contributed by atoms with Crippen LogP contribution in [0.15, 0.2) is 24.4 Å². The zero-order valence-corrected chi connectivity index (χ0v) is 9.64. The molecule has 78 valence electrons. The number of nitrogens with one attached hydrogen (secondary N) is 1. The van der Waals surface area contributed by atoms with Gasteiger partial charge < -0.3 is 5.32 Å². The Morgan fingerprint density at radius 2 is 2.33 bits per heavy atom. The first-order chi connectivity index (χ1) is 7.22. The quantitative estimate of drug-likeness (QED) is 0.806. The summed E-state index contributed by atoms with van der Waals surface area (Å²) in [6.45, 7) is 7.84. The summed E-state index contributed by atoms with van der Waals surface area (Å²) >= 11 is 1.67. The zero-order valence-electron chi connectivity index (χ0n) is 8.82. The molecule has 15 heavy (non-hydrogen) atoms. The minimum atomic E-state index is 0.213. The molecule has 0 fully saturated rings. The van der Waals surface area contributed by atoms with Crippen LogP contribution in [-0.4, -0.2) is 16.0 Å². The Kier molecular flexibility index (Phi) is 2.68. The van der Waals surface area contributed by atoms with E-state index >= 15 is 0 Å². The number of aromatic nitrogens is 2. The van der Waals surface area contributed by atoms with Crippen LogP contribution in [0.1, 0.15) is 12.5 Å². The highest BCUT2D eigenvalue weighted by atomic mass is 32.1. The van der Waals surface area contributed by atoms with E-state index in [0.29, 0.717) is 0 Å². The maximum atomic E-state index is 4.27. The second-order valence-electron chi connectivity index (χ2n) is 3.49. The number of anilines is 1. The predicted molar refractivity (Wildman–Crippen MR) is 65.4 cm³/mol. The Hall–Kier alpha value is -1.42. The Morgan fingerprint density at radius 3 is 3.07 bits per heavy atom. The molecule has 4 heteroatoms. The molecule has 1 atom stereocenters. The molecular formula is C11H13N3S. The number of thiophene rings is 1. The van der Waals surface area contributed by atoms with Crippen molar-refractivity contribution in [2.45, 2.75) is 19.9 Å². The van der Waals surface area contributed by atoms with Crippen molar-refractivity contribution in [2.24, 2.45) is 0 Å². The molecular weight excluding hydrogens is 206 g/mol. The molecule has 0 spiro atoms. The fourth-order valence-corrected chi connectivity index (χ4v) is 2.30. The van der Waals surface area contributed by atoms with E-state index in [2.05, 4.69) is 34.2 Å². The Labute approximate surface area is 92.9 Å². The van der Waals surface area contributed by atoms with Gasteiger partial charge in [0, 0.05) is 6.04 Å². The largest absolute Gasteiger partial charge is 0.363 e. The monoisotopic (exact) mass is 219 g/mol. The number of hydrogen-bond acceptors (Lipinski definition) is 4. The highest BCUT2D eigenvalue weighted by molar-refractivity contribution is 7.18. The van der Waals surface area contributed by atoms with Gasteiger partial charge in [-0.1, -0.05) is 6.08 Å². The van der Waals surface area contributed by atoms with Crippen LogP contribution >= 0.6 is 11.3 Å². The third kappa shape index (κ3) is 1.85. The molecule has 2 aromatic heterocycles. The standard InChI is InChI=1S/C11H13N3S/c1-4-8(3)14-11-10-9(12-6-13-11)7(2)5-15-10/h4-6,8H,1H2,2-3H3,(H,12,13,14). The lowest BCUT2D eigenvalue weighted by Gasteiger charge is -2.09. The van der Waals surface area contributed by atoms with Crippen LogP contribution in [0.3, 0.4) is 0 Å². The highest BCUT2D eigenvalue weighted by Crippen LogP contribution is 2.28. The molecule has 0 aromatic carbocycles. The van der Waals surface area contributed by atoms with Gasteiger partial charge in [-0.15, -0.1) is 17.9 Å². The maximum Gasteiger partial charge on any atom is 0.147 e. The van der Waals surface area contributed by atoms with Gasteiger partial charge in [0.05, 0.1) is 10.2 Å².